The maximum absolute atomic E-state index is 10.8. The number of para-hydroxylation sites is 1. The minimum atomic E-state index is -0.950. The molecule has 19 heavy (non-hydrogen) atoms. The molecule has 0 amide bonds. The second-order valence-corrected chi connectivity index (χ2v) is 5.06. The average Bonchev–Trinajstić information content (AvgIpc) is 2.84. The Kier molecular flexibility index (Phi) is 2.68. The van der Waals surface area contributed by atoms with Gasteiger partial charge < -0.3 is 10.2 Å². The molecular weight excluding hydrogens is 262 g/mol. The summed E-state index contributed by atoms with van der Waals surface area (Å²) in [6, 6.07) is 11.8. The number of phenols is 1. The Morgan fingerprint density at radius 1 is 1.11 bits per heavy atom. The Morgan fingerprint density at radius 2 is 1.84 bits per heavy atom. The summed E-state index contributed by atoms with van der Waals surface area (Å²) in [5, 5.41) is 19.3. The zero-order valence-corrected chi connectivity index (χ0v) is 10.5. The Morgan fingerprint density at radius 3 is 2.47 bits per heavy atom. The van der Waals surface area contributed by atoms with E-state index in [1.807, 2.05) is 6.07 Å². The molecule has 0 radical (unpaired) electrons. The molecule has 2 N–H and O–H groups in total. The smallest absolute Gasteiger partial charge is 0.335 e. The maximum atomic E-state index is 10.8. The number of rotatable bonds is 2. The van der Waals surface area contributed by atoms with Crippen molar-refractivity contribution in [1.82, 2.24) is 4.98 Å². The number of aromatic hydroxyl groups is 1. The van der Waals surface area contributed by atoms with Crippen molar-refractivity contribution in [2.24, 2.45) is 0 Å². The van der Waals surface area contributed by atoms with Crippen LogP contribution in [0.4, 0.5) is 0 Å². The van der Waals surface area contributed by atoms with E-state index >= 15 is 0 Å². The third kappa shape index (κ3) is 2.04. The third-order valence-corrected chi connectivity index (χ3v) is 3.85. The molecule has 1 aromatic heterocycles. The minimum Gasteiger partial charge on any atom is -0.506 e. The standard InChI is InChI=1S/C14H9NO3S/c16-10-2-1-3-11-12(10)15-13(19-11)8-4-6-9(7-5-8)14(17)18/h1-7,16H,(H,17,18). The van der Waals surface area contributed by atoms with Crippen LogP contribution in [0.5, 0.6) is 5.75 Å². The van der Waals surface area contributed by atoms with Crippen molar-refractivity contribution in [3.63, 3.8) is 0 Å². The predicted octanol–water partition coefficient (Wildman–Crippen LogP) is 3.37. The van der Waals surface area contributed by atoms with Crippen LogP contribution in [0.15, 0.2) is 42.5 Å². The highest BCUT2D eigenvalue weighted by atomic mass is 32.1. The van der Waals surface area contributed by atoms with Gasteiger partial charge in [-0.05, 0) is 24.3 Å². The van der Waals surface area contributed by atoms with E-state index in [1.54, 1.807) is 36.4 Å². The van der Waals surface area contributed by atoms with Gasteiger partial charge in [0.2, 0.25) is 0 Å². The van der Waals surface area contributed by atoms with Crippen LogP contribution in [0.1, 0.15) is 10.4 Å². The fourth-order valence-corrected chi connectivity index (χ4v) is 2.81. The summed E-state index contributed by atoms with van der Waals surface area (Å²) in [5.41, 5.74) is 1.66. The molecule has 0 saturated carbocycles. The highest BCUT2D eigenvalue weighted by Crippen LogP contribution is 2.34. The van der Waals surface area contributed by atoms with Crippen molar-refractivity contribution < 1.29 is 15.0 Å². The number of hydrogen-bond donors (Lipinski definition) is 2. The van der Waals surface area contributed by atoms with Crippen LogP contribution in [0.2, 0.25) is 0 Å². The molecule has 0 unspecified atom stereocenters. The van der Waals surface area contributed by atoms with Gasteiger partial charge in [0.1, 0.15) is 16.3 Å². The largest absolute Gasteiger partial charge is 0.506 e. The number of carbonyl (C=O) groups is 1. The lowest BCUT2D eigenvalue weighted by atomic mass is 10.1. The lowest BCUT2D eigenvalue weighted by Crippen LogP contribution is -1.94. The number of carboxylic acid groups (broad SMARTS) is 1. The predicted molar refractivity (Wildman–Crippen MR) is 73.7 cm³/mol. The van der Waals surface area contributed by atoms with E-state index in [-0.39, 0.29) is 11.3 Å². The number of aromatic carboxylic acids is 1. The molecule has 0 bridgehead atoms. The van der Waals surface area contributed by atoms with Crippen molar-refractivity contribution in [3.8, 4) is 16.3 Å². The molecule has 3 aromatic rings. The summed E-state index contributed by atoms with van der Waals surface area (Å²) in [7, 11) is 0. The maximum Gasteiger partial charge on any atom is 0.335 e. The number of benzene rings is 2. The molecule has 0 atom stereocenters. The van der Waals surface area contributed by atoms with E-state index in [0.717, 1.165) is 15.3 Å². The Hall–Kier alpha value is -2.40. The number of fused-ring (bicyclic) bond motifs is 1. The molecule has 0 aliphatic carbocycles. The van der Waals surface area contributed by atoms with Gasteiger partial charge in [-0.25, -0.2) is 9.78 Å². The van der Waals surface area contributed by atoms with Crippen molar-refractivity contribution >= 4 is 27.5 Å². The summed E-state index contributed by atoms with van der Waals surface area (Å²) in [6.07, 6.45) is 0. The van der Waals surface area contributed by atoms with Crippen LogP contribution < -0.4 is 0 Å². The lowest BCUT2D eigenvalue weighted by molar-refractivity contribution is 0.0697. The van der Waals surface area contributed by atoms with Crippen LogP contribution >= 0.6 is 11.3 Å². The van der Waals surface area contributed by atoms with Crippen molar-refractivity contribution in [2.45, 2.75) is 0 Å². The second kappa shape index (κ2) is 4.37. The highest BCUT2D eigenvalue weighted by molar-refractivity contribution is 7.21. The second-order valence-electron chi connectivity index (χ2n) is 4.03. The number of hydrogen-bond acceptors (Lipinski definition) is 4. The van der Waals surface area contributed by atoms with Crippen molar-refractivity contribution in [3.05, 3.63) is 48.0 Å². The number of thiazole rings is 1. The van der Waals surface area contributed by atoms with E-state index in [1.165, 1.54) is 11.3 Å². The molecule has 0 saturated heterocycles. The summed E-state index contributed by atoms with van der Waals surface area (Å²) >= 11 is 1.46. The van der Waals surface area contributed by atoms with Crippen LogP contribution in [0, 0.1) is 0 Å². The first-order chi connectivity index (χ1) is 9.15. The van der Waals surface area contributed by atoms with Gasteiger partial charge in [-0.3, -0.25) is 0 Å². The molecule has 5 heteroatoms. The topological polar surface area (TPSA) is 70.4 Å². The molecule has 0 fully saturated rings. The SMILES string of the molecule is O=C(O)c1ccc(-c2nc3c(O)cccc3s2)cc1. The van der Waals surface area contributed by atoms with Gasteiger partial charge in [-0.15, -0.1) is 11.3 Å². The molecular formula is C14H9NO3S. The van der Waals surface area contributed by atoms with Crippen molar-refractivity contribution in [2.75, 3.05) is 0 Å². The molecule has 4 nitrogen and oxygen atoms in total. The summed E-state index contributed by atoms with van der Waals surface area (Å²) in [4.78, 5) is 15.2. The number of carboxylic acids is 1. The van der Waals surface area contributed by atoms with Gasteiger partial charge >= 0.3 is 5.97 Å². The van der Waals surface area contributed by atoms with E-state index in [4.69, 9.17) is 5.11 Å². The summed E-state index contributed by atoms with van der Waals surface area (Å²) < 4.78 is 0.900. The Balaban J connectivity index is 2.09. The monoisotopic (exact) mass is 271 g/mol. The molecule has 0 aliphatic heterocycles. The minimum absolute atomic E-state index is 0.155. The van der Waals surface area contributed by atoms with Crippen LogP contribution in [-0.2, 0) is 0 Å². The molecule has 94 valence electrons. The van der Waals surface area contributed by atoms with Gasteiger partial charge in [0.25, 0.3) is 0 Å². The number of phenolic OH excluding ortho intramolecular Hbond substituents is 1. The van der Waals surface area contributed by atoms with Crippen LogP contribution in [-0.4, -0.2) is 21.2 Å². The highest BCUT2D eigenvalue weighted by Gasteiger charge is 2.10. The quantitative estimate of drug-likeness (QED) is 0.749. The van der Waals surface area contributed by atoms with E-state index in [0.29, 0.717) is 5.52 Å². The Bertz CT molecular complexity index is 762. The first-order valence-corrected chi connectivity index (χ1v) is 6.39. The number of nitrogens with zero attached hydrogens (tertiary/aromatic N) is 1. The van der Waals surface area contributed by atoms with Gasteiger partial charge in [0, 0.05) is 5.56 Å². The summed E-state index contributed by atoms with van der Waals surface area (Å²) in [5.74, 6) is -0.796. The molecule has 3 rings (SSSR count). The van der Waals surface area contributed by atoms with Gasteiger partial charge in [0.05, 0.1) is 10.3 Å². The van der Waals surface area contributed by atoms with Crippen LogP contribution in [0.3, 0.4) is 0 Å². The van der Waals surface area contributed by atoms with Gasteiger partial charge in [0.15, 0.2) is 0 Å². The fraction of sp³-hybridized carbons (Fsp3) is 0. The lowest BCUT2D eigenvalue weighted by Gasteiger charge is -1.97. The zero-order chi connectivity index (χ0) is 13.4. The zero-order valence-electron chi connectivity index (χ0n) is 9.70. The first kappa shape index (κ1) is 11.7. The third-order valence-electron chi connectivity index (χ3n) is 2.78. The number of aromatic nitrogens is 1. The average molecular weight is 271 g/mol. The molecule has 0 aliphatic rings. The van der Waals surface area contributed by atoms with E-state index in [2.05, 4.69) is 4.98 Å². The normalized spacial score (nSPS) is 10.7. The summed E-state index contributed by atoms with van der Waals surface area (Å²) in [6.45, 7) is 0. The molecule has 1 heterocycles. The molecule has 0 spiro atoms. The van der Waals surface area contributed by atoms with Crippen molar-refractivity contribution in [1.29, 1.82) is 0 Å². The van der Waals surface area contributed by atoms with Gasteiger partial charge in [-0.2, -0.15) is 0 Å². The Labute approximate surface area is 112 Å². The molecule has 2 aromatic carbocycles. The van der Waals surface area contributed by atoms with Crippen LogP contribution in [0.25, 0.3) is 20.8 Å². The first-order valence-electron chi connectivity index (χ1n) is 5.57. The van der Waals surface area contributed by atoms with E-state index in [9.17, 15) is 9.90 Å². The van der Waals surface area contributed by atoms with Gasteiger partial charge in [-0.1, -0.05) is 18.2 Å². The fourth-order valence-electron chi connectivity index (χ4n) is 1.81. The van der Waals surface area contributed by atoms with E-state index < -0.39 is 5.97 Å².